The summed E-state index contributed by atoms with van der Waals surface area (Å²) in [6.07, 6.45) is 3.27. The van der Waals surface area contributed by atoms with Crippen molar-refractivity contribution in [3.8, 4) is 10.6 Å². The van der Waals surface area contributed by atoms with Crippen molar-refractivity contribution in [2.45, 2.75) is 26.2 Å². The van der Waals surface area contributed by atoms with Crippen molar-refractivity contribution in [3.63, 3.8) is 0 Å². The molecule has 0 atom stereocenters. The number of para-hydroxylation sites is 1. The van der Waals surface area contributed by atoms with E-state index in [1.807, 2.05) is 0 Å². The number of rotatable bonds is 5. The molecule has 0 fully saturated rings. The molecule has 2 heterocycles. The summed E-state index contributed by atoms with van der Waals surface area (Å²) in [6, 6.07) is 8.66. The molecule has 0 aliphatic rings. The zero-order chi connectivity index (χ0) is 14.8. The molecule has 4 heteroatoms. The fourth-order valence-corrected chi connectivity index (χ4v) is 4.11. The first-order valence-electron chi connectivity index (χ1n) is 7.25. The summed E-state index contributed by atoms with van der Waals surface area (Å²) in [5, 5.41) is 3.53. The van der Waals surface area contributed by atoms with E-state index in [2.05, 4.69) is 57.5 Å². The molecule has 0 spiro atoms. The zero-order valence-corrected chi connectivity index (χ0v) is 14.5. The second kappa shape index (κ2) is 6.34. The number of unbranched alkanes of at least 4 members (excludes halogenated alkanes) is 1. The van der Waals surface area contributed by atoms with E-state index in [0.29, 0.717) is 0 Å². The number of aromatic amines is 1. The van der Waals surface area contributed by atoms with Crippen molar-refractivity contribution < 1.29 is 0 Å². The molecule has 0 saturated heterocycles. The number of nitrogens with two attached hydrogens (primary N) is 1. The minimum absolute atomic E-state index is 0.763. The van der Waals surface area contributed by atoms with E-state index in [0.717, 1.165) is 30.3 Å². The van der Waals surface area contributed by atoms with Crippen LogP contribution in [0.3, 0.4) is 0 Å². The Hall–Kier alpha value is -1.10. The Bertz CT molecular complexity index is 757. The third-order valence-electron chi connectivity index (χ3n) is 3.75. The number of benzene rings is 1. The molecule has 0 saturated carbocycles. The van der Waals surface area contributed by atoms with Gasteiger partial charge in [-0.1, -0.05) is 12.1 Å². The largest absolute Gasteiger partial charge is 0.353 e. The van der Waals surface area contributed by atoms with Gasteiger partial charge in [-0.3, -0.25) is 0 Å². The Labute approximate surface area is 137 Å². The van der Waals surface area contributed by atoms with Gasteiger partial charge in [0.05, 0.1) is 16.1 Å². The van der Waals surface area contributed by atoms with E-state index < -0.39 is 0 Å². The Morgan fingerprint density at radius 3 is 2.86 bits per heavy atom. The van der Waals surface area contributed by atoms with Crippen LogP contribution in [0.25, 0.3) is 21.5 Å². The van der Waals surface area contributed by atoms with Crippen molar-refractivity contribution in [3.05, 3.63) is 45.2 Å². The summed E-state index contributed by atoms with van der Waals surface area (Å²) in [4.78, 5) is 4.94. The fraction of sp³-hybridized carbons (Fsp3) is 0.294. The van der Waals surface area contributed by atoms with Gasteiger partial charge in [-0.2, -0.15) is 0 Å². The van der Waals surface area contributed by atoms with Crippen LogP contribution in [-0.2, 0) is 6.42 Å². The predicted molar refractivity (Wildman–Crippen MR) is 96.0 cm³/mol. The predicted octanol–water partition coefficient (Wildman–Crippen LogP) is 5.25. The van der Waals surface area contributed by atoms with Crippen LogP contribution < -0.4 is 5.73 Å². The summed E-state index contributed by atoms with van der Waals surface area (Å²) >= 11 is 5.46. The number of thiophene rings is 1. The van der Waals surface area contributed by atoms with Gasteiger partial charge in [0.25, 0.3) is 0 Å². The van der Waals surface area contributed by atoms with Crippen LogP contribution >= 0.6 is 27.3 Å². The minimum Gasteiger partial charge on any atom is -0.353 e. The summed E-state index contributed by atoms with van der Waals surface area (Å²) in [6.45, 7) is 2.91. The van der Waals surface area contributed by atoms with E-state index in [4.69, 9.17) is 5.73 Å². The number of halogens is 1. The second-order valence-electron chi connectivity index (χ2n) is 5.38. The van der Waals surface area contributed by atoms with E-state index in [1.165, 1.54) is 32.6 Å². The maximum absolute atomic E-state index is 5.64. The van der Waals surface area contributed by atoms with Gasteiger partial charge in [0, 0.05) is 9.86 Å². The van der Waals surface area contributed by atoms with Crippen LogP contribution in [-0.4, -0.2) is 11.5 Å². The molecular weight excluding hydrogens is 344 g/mol. The van der Waals surface area contributed by atoms with Crippen molar-refractivity contribution in [2.75, 3.05) is 6.54 Å². The molecule has 21 heavy (non-hydrogen) atoms. The lowest BCUT2D eigenvalue weighted by Crippen LogP contribution is -1.99. The monoisotopic (exact) mass is 362 g/mol. The molecule has 110 valence electrons. The van der Waals surface area contributed by atoms with Gasteiger partial charge in [-0.15, -0.1) is 11.3 Å². The van der Waals surface area contributed by atoms with Crippen LogP contribution in [0.4, 0.5) is 0 Å². The molecule has 3 N–H and O–H groups in total. The molecule has 0 unspecified atom stereocenters. The van der Waals surface area contributed by atoms with Crippen LogP contribution in [0.15, 0.2) is 34.1 Å². The van der Waals surface area contributed by atoms with Gasteiger partial charge in [0.2, 0.25) is 0 Å². The molecule has 3 rings (SSSR count). The molecule has 0 amide bonds. The summed E-state index contributed by atoms with van der Waals surface area (Å²) < 4.78 is 1.12. The van der Waals surface area contributed by atoms with Crippen molar-refractivity contribution in [1.82, 2.24) is 4.98 Å². The Balaban J connectivity index is 2.12. The maximum Gasteiger partial charge on any atom is 0.0606 e. The molecule has 0 aliphatic heterocycles. The fourth-order valence-electron chi connectivity index (χ4n) is 2.72. The lowest BCUT2D eigenvalue weighted by molar-refractivity contribution is 0.748. The Morgan fingerprint density at radius 2 is 2.14 bits per heavy atom. The van der Waals surface area contributed by atoms with Gasteiger partial charge in [0.15, 0.2) is 0 Å². The number of hydrogen-bond donors (Lipinski definition) is 2. The van der Waals surface area contributed by atoms with Gasteiger partial charge in [-0.25, -0.2) is 0 Å². The third-order valence-corrected chi connectivity index (χ3v) is 5.47. The van der Waals surface area contributed by atoms with E-state index in [1.54, 1.807) is 11.3 Å². The summed E-state index contributed by atoms with van der Waals surface area (Å²) in [7, 11) is 0. The lowest BCUT2D eigenvalue weighted by Gasteiger charge is -2.03. The molecule has 0 aliphatic carbocycles. The Kier molecular flexibility index (Phi) is 4.48. The molecular formula is C17H19BrN2S. The molecule has 2 aromatic heterocycles. The third kappa shape index (κ3) is 2.93. The molecule has 0 radical (unpaired) electrons. The van der Waals surface area contributed by atoms with Crippen molar-refractivity contribution >= 4 is 38.2 Å². The highest BCUT2D eigenvalue weighted by atomic mass is 79.9. The highest BCUT2D eigenvalue weighted by Crippen LogP contribution is 2.37. The normalized spacial score (nSPS) is 11.4. The van der Waals surface area contributed by atoms with E-state index in [9.17, 15) is 0 Å². The first-order chi connectivity index (χ1) is 10.2. The number of nitrogens with one attached hydrogen (secondary N) is 1. The Morgan fingerprint density at radius 1 is 1.29 bits per heavy atom. The summed E-state index contributed by atoms with van der Waals surface area (Å²) in [5.41, 5.74) is 10.8. The van der Waals surface area contributed by atoms with Crippen LogP contribution in [0.5, 0.6) is 0 Å². The second-order valence-corrected chi connectivity index (χ2v) is 7.14. The lowest BCUT2D eigenvalue weighted by atomic mass is 10.0. The average Bonchev–Trinajstić information content (AvgIpc) is 3.04. The minimum atomic E-state index is 0.763. The molecule has 2 nitrogen and oxygen atoms in total. The quantitative estimate of drug-likeness (QED) is 0.598. The topological polar surface area (TPSA) is 41.8 Å². The smallest absolute Gasteiger partial charge is 0.0606 e. The zero-order valence-electron chi connectivity index (χ0n) is 12.1. The van der Waals surface area contributed by atoms with Gasteiger partial charge in [0.1, 0.15) is 0 Å². The van der Waals surface area contributed by atoms with Gasteiger partial charge in [-0.05, 0) is 77.3 Å². The van der Waals surface area contributed by atoms with Crippen molar-refractivity contribution in [1.29, 1.82) is 0 Å². The average molecular weight is 363 g/mol. The van der Waals surface area contributed by atoms with Crippen LogP contribution in [0.2, 0.25) is 0 Å². The number of aryl methyl sites for hydroxylation is 2. The molecule has 3 aromatic rings. The SMILES string of the molecule is Cc1csc(-c2[nH]c3c(Br)cccc3c2CCCCN)c1. The van der Waals surface area contributed by atoms with Gasteiger partial charge < -0.3 is 10.7 Å². The first kappa shape index (κ1) is 14.8. The number of fused-ring (bicyclic) bond motifs is 1. The highest BCUT2D eigenvalue weighted by Gasteiger charge is 2.15. The number of aromatic nitrogens is 1. The first-order valence-corrected chi connectivity index (χ1v) is 8.92. The molecule has 0 bridgehead atoms. The number of H-pyrrole nitrogens is 1. The van der Waals surface area contributed by atoms with Crippen molar-refractivity contribution in [2.24, 2.45) is 5.73 Å². The van der Waals surface area contributed by atoms with Gasteiger partial charge >= 0.3 is 0 Å². The standard InChI is InChI=1S/C17H19BrN2S/c1-11-9-15(21-10-11)17-13(5-2-3-8-19)12-6-4-7-14(18)16(12)20-17/h4,6-7,9-10,20H,2-3,5,8,19H2,1H3. The van der Waals surface area contributed by atoms with Crippen LogP contribution in [0, 0.1) is 6.92 Å². The number of hydrogen-bond acceptors (Lipinski definition) is 2. The molecule has 1 aromatic carbocycles. The maximum atomic E-state index is 5.64. The highest BCUT2D eigenvalue weighted by molar-refractivity contribution is 9.10. The van der Waals surface area contributed by atoms with E-state index in [-0.39, 0.29) is 0 Å². The van der Waals surface area contributed by atoms with Crippen LogP contribution in [0.1, 0.15) is 24.0 Å². The van der Waals surface area contributed by atoms with E-state index >= 15 is 0 Å². The summed E-state index contributed by atoms with van der Waals surface area (Å²) in [5.74, 6) is 0.